The molecule has 0 aliphatic carbocycles. The number of ether oxygens (including phenoxy) is 1. The van der Waals surface area contributed by atoms with E-state index >= 15 is 0 Å². The van der Waals surface area contributed by atoms with Crippen LogP contribution in [0.4, 0.5) is 0 Å². The average Bonchev–Trinajstić information content (AvgIpc) is 2.85. The van der Waals surface area contributed by atoms with E-state index < -0.39 is 6.04 Å². The van der Waals surface area contributed by atoms with E-state index in [1.54, 1.807) is 23.1 Å². The molecule has 0 aromatic heterocycles. The first-order chi connectivity index (χ1) is 17.2. The molecule has 0 saturated carbocycles. The lowest BCUT2D eigenvalue weighted by atomic mass is 10.0. The van der Waals surface area contributed by atoms with Crippen molar-refractivity contribution in [3.05, 3.63) is 99.0 Å². The van der Waals surface area contributed by atoms with E-state index in [-0.39, 0.29) is 30.9 Å². The van der Waals surface area contributed by atoms with Crippen LogP contribution in [0.3, 0.4) is 0 Å². The van der Waals surface area contributed by atoms with E-state index in [1.807, 2.05) is 75.4 Å². The Morgan fingerprint density at radius 3 is 2.33 bits per heavy atom. The largest absolute Gasteiger partial charge is 0.483 e. The topological polar surface area (TPSA) is 58.6 Å². The molecule has 2 amide bonds. The van der Waals surface area contributed by atoms with Crippen molar-refractivity contribution in [3.8, 4) is 5.75 Å². The summed E-state index contributed by atoms with van der Waals surface area (Å²) in [5, 5.41) is 3.59. The number of halogens is 2. The Labute approximate surface area is 226 Å². The highest BCUT2D eigenvalue weighted by molar-refractivity contribution is 9.10. The Bertz CT molecular complexity index is 1150. The molecule has 3 aromatic carbocycles. The maximum absolute atomic E-state index is 13.6. The van der Waals surface area contributed by atoms with E-state index in [0.717, 1.165) is 16.7 Å². The van der Waals surface area contributed by atoms with Crippen LogP contribution in [-0.4, -0.2) is 35.9 Å². The highest BCUT2D eigenvalue weighted by atomic mass is 79.9. The number of nitrogens with zero attached hydrogens (tertiary/aromatic N) is 1. The van der Waals surface area contributed by atoms with Gasteiger partial charge in [0.1, 0.15) is 11.8 Å². The molecule has 0 aliphatic rings. The van der Waals surface area contributed by atoms with Crippen molar-refractivity contribution in [3.63, 3.8) is 0 Å². The Morgan fingerprint density at radius 2 is 1.69 bits per heavy atom. The molecule has 36 heavy (non-hydrogen) atoms. The summed E-state index contributed by atoms with van der Waals surface area (Å²) in [4.78, 5) is 28.7. The van der Waals surface area contributed by atoms with Gasteiger partial charge in [0.25, 0.3) is 5.91 Å². The molecule has 3 aromatic rings. The molecule has 5 nitrogen and oxygen atoms in total. The zero-order valence-electron chi connectivity index (χ0n) is 20.8. The summed E-state index contributed by atoms with van der Waals surface area (Å²) in [6.45, 7) is 6.71. The number of rotatable bonds is 11. The fourth-order valence-electron chi connectivity index (χ4n) is 3.68. The molecule has 0 aliphatic heterocycles. The van der Waals surface area contributed by atoms with Gasteiger partial charge in [0.05, 0.1) is 4.47 Å². The van der Waals surface area contributed by atoms with Gasteiger partial charge < -0.3 is 15.0 Å². The van der Waals surface area contributed by atoms with Crippen molar-refractivity contribution >= 4 is 39.3 Å². The third-order valence-corrected chi connectivity index (χ3v) is 6.53. The average molecular weight is 572 g/mol. The lowest BCUT2D eigenvalue weighted by Crippen LogP contribution is -2.52. The first kappa shape index (κ1) is 27.8. The van der Waals surface area contributed by atoms with Crippen LogP contribution < -0.4 is 10.1 Å². The number of aryl methyl sites for hydroxylation is 1. The quantitative estimate of drug-likeness (QED) is 0.298. The summed E-state index contributed by atoms with van der Waals surface area (Å²) in [6, 6.07) is 22.2. The van der Waals surface area contributed by atoms with Crippen LogP contribution >= 0.6 is 27.5 Å². The lowest BCUT2D eigenvalue weighted by Gasteiger charge is -2.31. The number of amides is 2. The van der Waals surface area contributed by atoms with Crippen LogP contribution in [0, 0.1) is 12.8 Å². The molecule has 1 N–H and O–H groups in total. The standard InChI is InChI=1S/C29H32BrClN2O3/c1-20(2)17-32-29(35)26(15-22-7-5-4-6-8-22)33(18-23-11-9-21(3)10-12-23)28(34)19-36-27-14-13-24(31)16-25(27)30/h4-14,16,20,26H,15,17-19H2,1-3H3,(H,32,35)/t26-/m0/s1. The third-order valence-electron chi connectivity index (χ3n) is 5.67. The molecule has 3 rings (SSSR count). The summed E-state index contributed by atoms with van der Waals surface area (Å²) in [6.07, 6.45) is 0.396. The first-order valence-electron chi connectivity index (χ1n) is 12.0. The molecule has 0 spiro atoms. The number of hydrogen-bond donors (Lipinski definition) is 1. The zero-order chi connectivity index (χ0) is 26.1. The molecular weight excluding hydrogens is 540 g/mol. The monoisotopic (exact) mass is 570 g/mol. The van der Waals surface area contributed by atoms with Gasteiger partial charge in [-0.05, 0) is 58.1 Å². The second kappa shape index (κ2) is 13.5. The zero-order valence-corrected chi connectivity index (χ0v) is 23.2. The van der Waals surface area contributed by atoms with Crippen LogP contribution in [-0.2, 0) is 22.6 Å². The van der Waals surface area contributed by atoms with Gasteiger partial charge in [0.15, 0.2) is 6.61 Å². The minimum atomic E-state index is -0.697. The molecule has 0 saturated heterocycles. The third kappa shape index (κ3) is 8.38. The van der Waals surface area contributed by atoms with Gasteiger partial charge >= 0.3 is 0 Å². The number of hydrogen-bond acceptors (Lipinski definition) is 3. The van der Waals surface area contributed by atoms with Gasteiger partial charge in [0, 0.05) is 24.5 Å². The smallest absolute Gasteiger partial charge is 0.261 e. The van der Waals surface area contributed by atoms with Crippen molar-refractivity contribution in [1.82, 2.24) is 10.2 Å². The Balaban J connectivity index is 1.90. The van der Waals surface area contributed by atoms with Crippen LogP contribution in [0.1, 0.15) is 30.5 Å². The molecule has 1 atom stereocenters. The maximum atomic E-state index is 13.6. The summed E-state index contributed by atoms with van der Waals surface area (Å²) < 4.78 is 6.50. The normalized spacial score (nSPS) is 11.7. The maximum Gasteiger partial charge on any atom is 0.261 e. The molecule has 0 radical (unpaired) electrons. The van der Waals surface area contributed by atoms with Crippen LogP contribution in [0.25, 0.3) is 0 Å². The SMILES string of the molecule is Cc1ccc(CN(C(=O)COc2ccc(Cl)cc2Br)[C@@H](Cc2ccccc2)C(=O)NCC(C)C)cc1. The van der Waals surface area contributed by atoms with Gasteiger partial charge in [-0.1, -0.05) is 85.6 Å². The second-order valence-corrected chi connectivity index (χ2v) is 10.5. The lowest BCUT2D eigenvalue weighted by molar-refractivity contribution is -0.142. The van der Waals surface area contributed by atoms with E-state index in [0.29, 0.717) is 28.2 Å². The fourth-order valence-corrected chi connectivity index (χ4v) is 4.48. The van der Waals surface area contributed by atoms with Crippen LogP contribution in [0.5, 0.6) is 5.75 Å². The minimum Gasteiger partial charge on any atom is -0.483 e. The molecule has 7 heteroatoms. The summed E-state index contributed by atoms with van der Waals surface area (Å²) in [5.74, 6) is 0.337. The van der Waals surface area contributed by atoms with Crippen molar-refractivity contribution < 1.29 is 14.3 Å². The first-order valence-corrected chi connectivity index (χ1v) is 13.1. The van der Waals surface area contributed by atoms with Crippen LogP contribution in [0.2, 0.25) is 5.02 Å². The number of carbonyl (C=O) groups is 2. The van der Waals surface area contributed by atoms with E-state index in [9.17, 15) is 9.59 Å². The van der Waals surface area contributed by atoms with E-state index in [2.05, 4.69) is 21.2 Å². The minimum absolute atomic E-state index is 0.180. The van der Waals surface area contributed by atoms with Crippen molar-refractivity contribution in [2.75, 3.05) is 13.2 Å². The Hall–Kier alpha value is -2.83. The number of benzene rings is 3. The highest BCUT2D eigenvalue weighted by Crippen LogP contribution is 2.28. The summed E-state index contributed by atoms with van der Waals surface area (Å²) in [7, 11) is 0. The van der Waals surface area contributed by atoms with Crippen molar-refractivity contribution in [1.29, 1.82) is 0 Å². The number of carbonyl (C=O) groups excluding carboxylic acids is 2. The predicted octanol–water partition coefficient (Wildman–Crippen LogP) is 6.20. The predicted molar refractivity (Wildman–Crippen MR) is 148 cm³/mol. The summed E-state index contributed by atoms with van der Waals surface area (Å²) in [5.41, 5.74) is 3.05. The van der Waals surface area contributed by atoms with Crippen LogP contribution in [0.15, 0.2) is 77.3 Å². The van der Waals surface area contributed by atoms with Crippen molar-refractivity contribution in [2.24, 2.45) is 5.92 Å². The molecule has 190 valence electrons. The highest BCUT2D eigenvalue weighted by Gasteiger charge is 2.30. The molecular formula is C29H32BrClN2O3. The van der Waals surface area contributed by atoms with Gasteiger partial charge in [-0.3, -0.25) is 9.59 Å². The van der Waals surface area contributed by atoms with Crippen molar-refractivity contribution in [2.45, 2.75) is 39.8 Å². The number of nitrogens with one attached hydrogen (secondary N) is 1. The Kier molecular flexibility index (Phi) is 10.4. The summed E-state index contributed by atoms with van der Waals surface area (Å²) >= 11 is 9.46. The van der Waals surface area contributed by atoms with Gasteiger partial charge in [-0.15, -0.1) is 0 Å². The molecule has 0 bridgehead atoms. The molecule has 0 unspecified atom stereocenters. The fraction of sp³-hybridized carbons (Fsp3) is 0.310. The second-order valence-electron chi connectivity index (χ2n) is 9.22. The molecule has 0 heterocycles. The Morgan fingerprint density at radius 1 is 1.00 bits per heavy atom. The molecule has 0 fully saturated rings. The van der Waals surface area contributed by atoms with E-state index in [1.165, 1.54) is 0 Å². The van der Waals surface area contributed by atoms with Gasteiger partial charge in [0.2, 0.25) is 5.91 Å². The van der Waals surface area contributed by atoms with Gasteiger partial charge in [-0.25, -0.2) is 0 Å². The van der Waals surface area contributed by atoms with Gasteiger partial charge in [-0.2, -0.15) is 0 Å². The van der Waals surface area contributed by atoms with E-state index in [4.69, 9.17) is 16.3 Å².